The van der Waals surface area contributed by atoms with Crippen molar-refractivity contribution < 1.29 is 19.1 Å². The van der Waals surface area contributed by atoms with E-state index in [-0.39, 0.29) is 23.8 Å². The molecule has 1 fully saturated rings. The third kappa shape index (κ3) is 4.94. The highest BCUT2D eigenvalue weighted by atomic mass is 35.5. The van der Waals surface area contributed by atoms with Crippen LogP contribution in [0.25, 0.3) is 11.1 Å². The summed E-state index contributed by atoms with van der Waals surface area (Å²) >= 11 is 6.53. The van der Waals surface area contributed by atoms with Crippen molar-refractivity contribution in [2.75, 3.05) is 25.5 Å². The highest BCUT2D eigenvalue weighted by Crippen LogP contribution is 2.54. The maximum absolute atomic E-state index is 14.7. The summed E-state index contributed by atoms with van der Waals surface area (Å²) in [6.07, 6.45) is 0.120. The van der Waals surface area contributed by atoms with Gasteiger partial charge in [-0.1, -0.05) is 61.8 Å². The Kier molecular flexibility index (Phi) is 7.60. The van der Waals surface area contributed by atoms with Crippen LogP contribution in [0.5, 0.6) is 0 Å². The Bertz CT molecular complexity index is 1560. The lowest BCUT2D eigenvalue weighted by atomic mass is 9.71. The number of benzene rings is 3. The number of para-hydroxylation sites is 1. The van der Waals surface area contributed by atoms with E-state index in [4.69, 9.17) is 16.3 Å². The van der Waals surface area contributed by atoms with Crippen LogP contribution in [0.1, 0.15) is 57.0 Å². The van der Waals surface area contributed by atoms with Gasteiger partial charge < -0.3 is 14.5 Å². The predicted octanol–water partition coefficient (Wildman–Crippen LogP) is 7.29. The number of hydrogen-bond donors (Lipinski definition) is 0. The molecule has 3 aromatic rings. The number of fused-ring (bicyclic) bond motifs is 2. The van der Waals surface area contributed by atoms with E-state index in [0.29, 0.717) is 23.6 Å². The second-order valence-electron chi connectivity index (χ2n) is 12.7. The minimum absolute atomic E-state index is 0.00819. The molecule has 0 saturated carbocycles. The second-order valence-corrected chi connectivity index (χ2v) is 13.1. The van der Waals surface area contributed by atoms with E-state index in [9.17, 15) is 14.4 Å². The van der Waals surface area contributed by atoms with Gasteiger partial charge in [0.1, 0.15) is 5.60 Å². The first-order chi connectivity index (χ1) is 19.8. The Labute approximate surface area is 253 Å². The molecule has 1 unspecified atom stereocenters. The van der Waals surface area contributed by atoms with Gasteiger partial charge in [0.15, 0.2) is 0 Å². The zero-order valence-electron chi connectivity index (χ0n) is 25.3. The molecule has 7 nitrogen and oxygen atoms in total. The van der Waals surface area contributed by atoms with Gasteiger partial charge in [-0.15, -0.1) is 0 Å². The minimum Gasteiger partial charge on any atom is -0.444 e. The normalized spacial score (nSPS) is 19.9. The maximum atomic E-state index is 14.7. The van der Waals surface area contributed by atoms with Crippen molar-refractivity contribution in [1.82, 2.24) is 9.80 Å². The van der Waals surface area contributed by atoms with Gasteiger partial charge in [0.05, 0.1) is 27.7 Å². The van der Waals surface area contributed by atoms with Crippen LogP contribution < -0.4 is 4.90 Å². The maximum Gasteiger partial charge on any atom is 0.410 e. The fourth-order valence-corrected chi connectivity index (χ4v) is 6.75. The Hall–Kier alpha value is -3.84. The van der Waals surface area contributed by atoms with Crippen molar-refractivity contribution in [3.05, 3.63) is 82.9 Å². The van der Waals surface area contributed by atoms with E-state index in [1.165, 1.54) is 4.90 Å². The van der Waals surface area contributed by atoms with Gasteiger partial charge in [0.2, 0.25) is 5.91 Å². The fourth-order valence-electron chi connectivity index (χ4n) is 6.49. The Morgan fingerprint density at radius 3 is 2.33 bits per heavy atom. The monoisotopic (exact) mass is 587 g/mol. The van der Waals surface area contributed by atoms with E-state index < -0.39 is 17.1 Å². The molecule has 0 aromatic heterocycles. The van der Waals surface area contributed by atoms with Crippen LogP contribution in [-0.4, -0.2) is 60.0 Å². The number of carbonyl (C=O) groups excluding carboxylic acids is 3. The molecule has 2 aliphatic heterocycles. The molecule has 5 rings (SSSR count). The number of hydrogen-bond acceptors (Lipinski definition) is 4. The van der Waals surface area contributed by atoms with Gasteiger partial charge in [-0.05, 0) is 80.1 Å². The molecule has 3 amide bonds. The number of ether oxygens (including phenoxy) is 1. The molecule has 1 saturated heterocycles. The van der Waals surface area contributed by atoms with Gasteiger partial charge >= 0.3 is 6.09 Å². The van der Waals surface area contributed by atoms with Crippen LogP contribution in [0.3, 0.4) is 0 Å². The quantitative estimate of drug-likeness (QED) is 0.321. The number of carbonyl (C=O) groups is 3. The van der Waals surface area contributed by atoms with Crippen LogP contribution in [0.4, 0.5) is 16.2 Å². The van der Waals surface area contributed by atoms with E-state index in [2.05, 4.69) is 13.8 Å². The Morgan fingerprint density at radius 1 is 1.00 bits per heavy atom. The van der Waals surface area contributed by atoms with Crippen molar-refractivity contribution >= 4 is 40.9 Å². The van der Waals surface area contributed by atoms with Crippen LogP contribution in [0.2, 0.25) is 5.02 Å². The first-order valence-corrected chi connectivity index (χ1v) is 14.7. The Balaban J connectivity index is 1.56. The molecule has 0 bridgehead atoms. The van der Waals surface area contributed by atoms with E-state index in [1.807, 2.05) is 75.4 Å². The molecular formula is C34H38ClN3O4. The van der Waals surface area contributed by atoms with Crippen LogP contribution in [-0.2, 0) is 14.9 Å². The van der Waals surface area contributed by atoms with E-state index >= 15 is 0 Å². The minimum atomic E-state index is -0.894. The summed E-state index contributed by atoms with van der Waals surface area (Å²) in [4.78, 5) is 45.6. The molecule has 0 N–H and O–H groups in total. The lowest BCUT2D eigenvalue weighted by molar-refractivity contribution is -0.123. The van der Waals surface area contributed by atoms with Crippen molar-refractivity contribution in [2.45, 2.75) is 58.1 Å². The standard InChI is InChI=1S/C34H38ClN3O4/c1-21(2)29-34(17-18-37(29)32(41)42-33(3,4)5)26-13-8-9-14-28(26)38(31(34)40)24-12-10-11-22(19-24)23-15-16-25(27(35)20-23)30(39)36(6)7/h8-16,19-21,29H,17-18H2,1-7H3/t29?,34-/m0/s1. The van der Waals surface area contributed by atoms with E-state index in [0.717, 1.165) is 28.1 Å². The second kappa shape index (κ2) is 10.8. The van der Waals surface area contributed by atoms with Crippen molar-refractivity contribution in [3.8, 4) is 11.1 Å². The van der Waals surface area contributed by atoms with Gasteiger partial charge in [0.25, 0.3) is 5.91 Å². The Morgan fingerprint density at radius 2 is 1.69 bits per heavy atom. The zero-order valence-corrected chi connectivity index (χ0v) is 26.0. The highest BCUT2D eigenvalue weighted by molar-refractivity contribution is 6.34. The average molecular weight is 588 g/mol. The average Bonchev–Trinajstić information content (AvgIpc) is 3.45. The molecule has 2 heterocycles. The highest BCUT2D eigenvalue weighted by Gasteiger charge is 2.62. The van der Waals surface area contributed by atoms with Crippen LogP contribution in [0, 0.1) is 5.92 Å². The number of amides is 3. The molecule has 0 radical (unpaired) electrons. The number of rotatable bonds is 4. The number of likely N-dealkylation sites (tertiary alicyclic amines) is 1. The first-order valence-electron chi connectivity index (χ1n) is 14.3. The molecular weight excluding hydrogens is 550 g/mol. The number of halogens is 1. The lowest BCUT2D eigenvalue weighted by Gasteiger charge is -2.37. The van der Waals surface area contributed by atoms with Crippen LogP contribution >= 0.6 is 11.6 Å². The number of anilines is 2. The molecule has 3 aromatic carbocycles. The zero-order chi connectivity index (χ0) is 30.6. The molecule has 2 aliphatic rings. The SMILES string of the molecule is CC(C)C1N(C(=O)OC(C)(C)C)CC[C@@]12C(=O)N(c1cccc(-c3ccc(C(=O)N(C)C)c(Cl)c3)c1)c1ccccc12. The molecule has 0 aliphatic carbocycles. The summed E-state index contributed by atoms with van der Waals surface area (Å²) in [5.74, 6) is -0.203. The summed E-state index contributed by atoms with van der Waals surface area (Å²) < 4.78 is 5.78. The molecule has 1 spiro atoms. The fraction of sp³-hybridized carbons (Fsp3) is 0.382. The van der Waals surface area contributed by atoms with Gasteiger partial charge in [-0.2, -0.15) is 0 Å². The molecule has 8 heteroatoms. The molecule has 220 valence electrons. The topological polar surface area (TPSA) is 70.2 Å². The summed E-state index contributed by atoms with van der Waals surface area (Å²) in [7, 11) is 3.38. The van der Waals surface area contributed by atoms with Gasteiger partial charge in [-0.3, -0.25) is 14.5 Å². The van der Waals surface area contributed by atoms with E-state index in [1.54, 1.807) is 36.0 Å². The van der Waals surface area contributed by atoms with Gasteiger partial charge in [-0.25, -0.2) is 4.79 Å². The van der Waals surface area contributed by atoms with Crippen molar-refractivity contribution in [3.63, 3.8) is 0 Å². The summed E-state index contributed by atoms with van der Waals surface area (Å²) in [5, 5.41) is 0.367. The molecule has 2 atom stereocenters. The summed E-state index contributed by atoms with van der Waals surface area (Å²) in [6, 6.07) is 20.7. The van der Waals surface area contributed by atoms with Crippen molar-refractivity contribution in [1.29, 1.82) is 0 Å². The third-order valence-corrected chi connectivity index (χ3v) is 8.41. The molecule has 42 heavy (non-hydrogen) atoms. The predicted molar refractivity (Wildman–Crippen MR) is 166 cm³/mol. The summed E-state index contributed by atoms with van der Waals surface area (Å²) in [5.41, 5.74) is 3.08. The summed E-state index contributed by atoms with van der Waals surface area (Å²) in [6.45, 7) is 10.1. The van der Waals surface area contributed by atoms with Crippen LogP contribution in [0.15, 0.2) is 66.7 Å². The largest absolute Gasteiger partial charge is 0.444 e. The number of nitrogens with zero attached hydrogens (tertiary/aromatic N) is 3. The van der Waals surface area contributed by atoms with Crippen molar-refractivity contribution in [2.24, 2.45) is 5.92 Å². The smallest absolute Gasteiger partial charge is 0.410 e. The lowest BCUT2D eigenvalue weighted by Crippen LogP contribution is -2.53. The van der Waals surface area contributed by atoms with Gasteiger partial charge in [0, 0.05) is 26.3 Å². The third-order valence-electron chi connectivity index (χ3n) is 8.10. The first kappa shape index (κ1) is 29.6.